The Hall–Kier alpha value is -2.49. The Balaban J connectivity index is 3.14. The number of nitrogens with zero attached hydrogens (tertiary/aromatic N) is 2. The van der Waals surface area contributed by atoms with Crippen LogP contribution in [-0.2, 0) is 16.0 Å². The van der Waals surface area contributed by atoms with Gasteiger partial charge in [-0.1, -0.05) is 0 Å². The molecule has 0 atom stereocenters. The Morgan fingerprint density at radius 2 is 2.28 bits per heavy atom. The SMILES string of the molecule is CCOC(=O)Cc1cc(F)c(C#N)c([N+](=O)[O-])c1. The van der Waals surface area contributed by atoms with E-state index in [-0.39, 0.29) is 18.6 Å². The van der Waals surface area contributed by atoms with Crippen LogP contribution >= 0.6 is 0 Å². The molecule has 1 aromatic rings. The maximum absolute atomic E-state index is 13.4. The van der Waals surface area contributed by atoms with Gasteiger partial charge in [0.25, 0.3) is 5.69 Å². The molecular formula is C11H9FN2O4. The molecule has 0 spiro atoms. The number of esters is 1. The highest BCUT2D eigenvalue weighted by atomic mass is 19.1. The van der Waals surface area contributed by atoms with E-state index in [0.717, 1.165) is 12.1 Å². The smallest absolute Gasteiger partial charge is 0.310 e. The number of nitriles is 1. The second-order valence-corrected chi connectivity index (χ2v) is 3.32. The van der Waals surface area contributed by atoms with Crippen LogP contribution in [0.3, 0.4) is 0 Å². The number of benzene rings is 1. The Morgan fingerprint density at radius 3 is 2.78 bits per heavy atom. The average Bonchev–Trinajstić information content (AvgIpc) is 2.28. The maximum Gasteiger partial charge on any atom is 0.310 e. The summed E-state index contributed by atoms with van der Waals surface area (Å²) < 4.78 is 18.1. The van der Waals surface area contributed by atoms with Crippen LogP contribution in [0.25, 0.3) is 0 Å². The van der Waals surface area contributed by atoms with Crippen molar-refractivity contribution in [1.29, 1.82) is 5.26 Å². The number of carbonyl (C=O) groups is 1. The predicted molar refractivity (Wildman–Crippen MR) is 58.1 cm³/mol. The summed E-state index contributed by atoms with van der Waals surface area (Å²) in [6.45, 7) is 1.78. The highest BCUT2D eigenvalue weighted by Crippen LogP contribution is 2.23. The van der Waals surface area contributed by atoms with Gasteiger partial charge in [0.15, 0.2) is 5.56 Å². The number of hydrogen-bond donors (Lipinski definition) is 0. The van der Waals surface area contributed by atoms with E-state index in [4.69, 9.17) is 5.26 Å². The lowest BCUT2D eigenvalue weighted by Crippen LogP contribution is -2.08. The van der Waals surface area contributed by atoms with Crippen LogP contribution in [-0.4, -0.2) is 17.5 Å². The molecule has 0 aromatic heterocycles. The first kappa shape index (κ1) is 13.6. The van der Waals surface area contributed by atoms with E-state index in [9.17, 15) is 19.3 Å². The predicted octanol–water partition coefficient (Wildman–Crippen LogP) is 1.71. The van der Waals surface area contributed by atoms with Crippen LogP contribution in [0, 0.1) is 27.3 Å². The molecule has 18 heavy (non-hydrogen) atoms. The first-order valence-electron chi connectivity index (χ1n) is 5.02. The fraction of sp³-hybridized carbons (Fsp3) is 0.273. The van der Waals surface area contributed by atoms with Gasteiger partial charge in [0.1, 0.15) is 11.9 Å². The first-order chi connectivity index (χ1) is 8.49. The number of hydrogen-bond acceptors (Lipinski definition) is 5. The van der Waals surface area contributed by atoms with Crippen molar-refractivity contribution in [2.24, 2.45) is 0 Å². The summed E-state index contributed by atoms with van der Waals surface area (Å²) in [5.41, 5.74) is -1.21. The van der Waals surface area contributed by atoms with Gasteiger partial charge in [-0.3, -0.25) is 14.9 Å². The maximum atomic E-state index is 13.4. The molecule has 0 bridgehead atoms. The first-order valence-corrected chi connectivity index (χ1v) is 5.02. The molecule has 94 valence electrons. The topological polar surface area (TPSA) is 93.2 Å². The van der Waals surface area contributed by atoms with Gasteiger partial charge in [-0.25, -0.2) is 4.39 Å². The van der Waals surface area contributed by atoms with Crippen molar-refractivity contribution in [3.8, 4) is 6.07 Å². The summed E-state index contributed by atoms with van der Waals surface area (Å²) in [6, 6.07) is 3.34. The largest absolute Gasteiger partial charge is 0.466 e. The zero-order valence-corrected chi connectivity index (χ0v) is 9.47. The molecule has 0 aliphatic carbocycles. The summed E-state index contributed by atoms with van der Waals surface area (Å²) in [4.78, 5) is 21.0. The second kappa shape index (κ2) is 5.72. The van der Waals surface area contributed by atoms with Crippen LogP contribution < -0.4 is 0 Å². The molecule has 0 saturated heterocycles. The lowest BCUT2D eigenvalue weighted by molar-refractivity contribution is -0.385. The van der Waals surface area contributed by atoms with Crippen molar-refractivity contribution in [1.82, 2.24) is 0 Å². The van der Waals surface area contributed by atoms with Gasteiger partial charge in [-0.05, 0) is 18.6 Å². The van der Waals surface area contributed by atoms with Crippen LogP contribution in [0.1, 0.15) is 18.1 Å². The summed E-state index contributed by atoms with van der Waals surface area (Å²) in [5.74, 6) is -1.64. The highest BCUT2D eigenvalue weighted by Gasteiger charge is 2.20. The third-order valence-corrected chi connectivity index (χ3v) is 2.09. The van der Waals surface area contributed by atoms with E-state index in [1.165, 1.54) is 6.07 Å². The van der Waals surface area contributed by atoms with Crippen molar-refractivity contribution in [3.63, 3.8) is 0 Å². The molecular weight excluding hydrogens is 243 g/mol. The summed E-state index contributed by atoms with van der Waals surface area (Å²) in [6.07, 6.45) is -0.280. The van der Waals surface area contributed by atoms with Gasteiger partial charge < -0.3 is 4.74 Å². The molecule has 0 amide bonds. The van der Waals surface area contributed by atoms with Crippen LogP contribution in [0.15, 0.2) is 12.1 Å². The Labute approximate surface area is 102 Å². The van der Waals surface area contributed by atoms with E-state index in [1.54, 1.807) is 6.92 Å². The third kappa shape index (κ3) is 3.01. The quantitative estimate of drug-likeness (QED) is 0.462. The van der Waals surface area contributed by atoms with Gasteiger partial charge in [0, 0.05) is 6.07 Å². The van der Waals surface area contributed by atoms with Gasteiger partial charge in [-0.15, -0.1) is 0 Å². The standard InChI is InChI=1S/C11H9FN2O4/c1-2-18-11(15)5-7-3-9(12)8(6-13)10(4-7)14(16)17/h3-4H,2,5H2,1H3. The minimum atomic E-state index is -1.02. The van der Waals surface area contributed by atoms with Crippen LogP contribution in [0.5, 0.6) is 0 Å². The van der Waals surface area contributed by atoms with Crippen LogP contribution in [0.4, 0.5) is 10.1 Å². The average molecular weight is 252 g/mol. The van der Waals surface area contributed by atoms with Crippen molar-refractivity contribution in [2.75, 3.05) is 6.61 Å². The molecule has 1 aromatic carbocycles. The van der Waals surface area contributed by atoms with Crippen molar-refractivity contribution in [2.45, 2.75) is 13.3 Å². The van der Waals surface area contributed by atoms with Gasteiger partial charge >= 0.3 is 5.97 Å². The second-order valence-electron chi connectivity index (χ2n) is 3.32. The minimum Gasteiger partial charge on any atom is -0.466 e. The van der Waals surface area contributed by atoms with Crippen LogP contribution in [0.2, 0.25) is 0 Å². The van der Waals surface area contributed by atoms with E-state index < -0.39 is 28.0 Å². The summed E-state index contributed by atoms with van der Waals surface area (Å²) in [7, 11) is 0. The van der Waals surface area contributed by atoms with Gasteiger partial charge in [0.2, 0.25) is 0 Å². The molecule has 6 nitrogen and oxygen atoms in total. The molecule has 0 heterocycles. The number of ether oxygens (including phenoxy) is 1. The summed E-state index contributed by atoms with van der Waals surface area (Å²) in [5, 5.41) is 19.3. The molecule has 0 unspecified atom stereocenters. The number of nitro groups is 1. The van der Waals surface area contributed by atoms with E-state index >= 15 is 0 Å². The zero-order chi connectivity index (χ0) is 13.7. The Bertz CT molecular complexity index is 537. The van der Waals surface area contributed by atoms with Crippen molar-refractivity contribution in [3.05, 3.63) is 39.2 Å². The molecule has 0 fully saturated rings. The number of rotatable bonds is 4. The zero-order valence-electron chi connectivity index (χ0n) is 9.47. The molecule has 0 radical (unpaired) electrons. The van der Waals surface area contributed by atoms with E-state index in [1.807, 2.05) is 0 Å². The molecule has 0 aliphatic rings. The third-order valence-electron chi connectivity index (χ3n) is 2.09. The van der Waals surface area contributed by atoms with Gasteiger partial charge in [-0.2, -0.15) is 5.26 Å². The minimum absolute atomic E-state index is 0.0941. The lowest BCUT2D eigenvalue weighted by atomic mass is 10.1. The number of carbonyl (C=O) groups excluding carboxylic acids is 1. The van der Waals surface area contributed by atoms with Gasteiger partial charge in [0.05, 0.1) is 18.0 Å². The molecule has 1 rings (SSSR count). The summed E-state index contributed by atoms with van der Waals surface area (Å²) >= 11 is 0. The molecule has 0 saturated carbocycles. The number of nitro benzene ring substituents is 1. The lowest BCUT2D eigenvalue weighted by Gasteiger charge is -2.03. The Kier molecular flexibility index (Phi) is 4.32. The van der Waals surface area contributed by atoms with E-state index in [0.29, 0.717) is 0 Å². The van der Waals surface area contributed by atoms with E-state index in [2.05, 4.69) is 4.74 Å². The fourth-order valence-corrected chi connectivity index (χ4v) is 1.38. The normalized spacial score (nSPS) is 9.61. The molecule has 0 N–H and O–H groups in total. The fourth-order valence-electron chi connectivity index (χ4n) is 1.38. The number of halogens is 1. The molecule has 7 heteroatoms. The van der Waals surface area contributed by atoms with Crippen molar-refractivity contribution >= 4 is 11.7 Å². The monoisotopic (exact) mass is 252 g/mol. The highest BCUT2D eigenvalue weighted by molar-refractivity contribution is 5.73. The van der Waals surface area contributed by atoms with Crippen molar-refractivity contribution < 1.29 is 18.8 Å². The molecule has 0 aliphatic heterocycles. The Morgan fingerprint density at radius 1 is 1.61 bits per heavy atom.